The molecule has 0 radical (unpaired) electrons. The maximum atomic E-state index is 6.67. The Kier molecular flexibility index (Phi) is 8.06. The molecule has 0 unspecified atom stereocenters. The second kappa shape index (κ2) is 13.0. The summed E-state index contributed by atoms with van der Waals surface area (Å²) in [6.45, 7) is 4.74. The Bertz CT molecular complexity index is 3480. The lowest BCUT2D eigenvalue weighted by atomic mass is 9.59. The number of fused-ring (bicyclic) bond motifs is 10. The van der Waals surface area contributed by atoms with Gasteiger partial charge in [-0.1, -0.05) is 133 Å². The third-order valence-corrected chi connectivity index (χ3v) is 15.1. The largest absolute Gasteiger partial charge is 0.455 e. The lowest BCUT2D eigenvalue weighted by molar-refractivity contribution is 0.660. The van der Waals surface area contributed by atoms with Crippen molar-refractivity contribution in [2.45, 2.75) is 19.3 Å². The van der Waals surface area contributed by atoms with Crippen molar-refractivity contribution in [2.75, 3.05) is 0 Å². The van der Waals surface area contributed by atoms with E-state index in [9.17, 15) is 0 Å². The smallest absolute Gasteiger partial charge is 0.143 e. The summed E-state index contributed by atoms with van der Waals surface area (Å²) in [7, 11) is 18.7. The maximum Gasteiger partial charge on any atom is 0.143 e. The fourth-order valence-electron chi connectivity index (χ4n) is 11.2. The minimum absolute atomic E-state index is 0.0601. The van der Waals surface area contributed by atoms with E-state index in [-0.39, 0.29) is 5.41 Å². The molecule has 0 bridgehead atoms. The van der Waals surface area contributed by atoms with Crippen LogP contribution in [-0.2, 0) is 5.41 Å². The molecule has 9 heteroatoms. The lowest BCUT2D eigenvalue weighted by Crippen LogP contribution is -2.50. The van der Waals surface area contributed by atoms with Crippen LogP contribution in [0.5, 0.6) is 0 Å². The van der Waals surface area contributed by atoms with Crippen molar-refractivity contribution in [1.82, 2.24) is 0 Å². The van der Waals surface area contributed by atoms with Gasteiger partial charge in [-0.05, 0) is 107 Å². The minimum atomic E-state index is -0.0601. The fraction of sp³-hybridized carbons (Fsp3) is 0.0588. The zero-order valence-electron chi connectivity index (χ0n) is 36.5. The summed E-state index contributed by atoms with van der Waals surface area (Å²) in [5.74, 6) is 0. The van der Waals surface area contributed by atoms with E-state index in [0.717, 1.165) is 27.3 Å². The molecule has 0 fully saturated rings. The SMILES string of the molecule is Bc1c(B)c(B)c2c(-c3ccc4oc5c6ccccc6ccc5c4c3)c3c(B)c(B)c(B)c(B)c3c(-c3cccc(-c4cccc5c4-c4ccccc4C5(C)C)c3)c2c1B. The van der Waals surface area contributed by atoms with Gasteiger partial charge in [0.2, 0.25) is 0 Å². The van der Waals surface area contributed by atoms with Crippen LogP contribution in [0.25, 0.3) is 98.8 Å². The molecule has 0 amide bonds. The molecule has 0 aliphatic heterocycles. The molecule has 0 spiro atoms. The van der Waals surface area contributed by atoms with Gasteiger partial charge in [-0.15, -0.1) is 21.9 Å². The van der Waals surface area contributed by atoms with Crippen molar-refractivity contribution in [3.05, 3.63) is 132 Å². The van der Waals surface area contributed by atoms with E-state index < -0.39 is 0 Å². The van der Waals surface area contributed by atoms with E-state index in [1.54, 1.807) is 0 Å². The second-order valence-electron chi connectivity index (χ2n) is 18.2. The molecule has 1 heterocycles. The number of furan rings is 1. The maximum absolute atomic E-state index is 6.67. The highest BCUT2D eigenvalue weighted by atomic mass is 16.3. The standard InChI is InChI=1S/C51H42B8O/c1-51(2)32-15-6-5-13-30(32)37-27(14-8-16-33(37)51)24-10-7-11-25(21-24)35-38-40(44(54)48(58)46(56)42(38)52)36(41-39(35)43(53)47(57)49(59)45(41)55)26-18-20-34-31(22-26)29-19-17-23-9-3-4-12-28(23)50(29)60-34/h3-22H,52-59H2,1-2H3. The Morgan fingerprint density at radius 3 is 1.58 bits per heavy atom. The van der Waals surface area contributed by atoms with Gasteiger partial charge in [-0.3, -0.25) is 0 Å². The summed E-state index contributed by atoms with van der Waals surface area (Å²) in [5, 5.41) is 10.1. The first kappa shape index (κ1) is 37.1. The number of benzene rings is 9. The van der Waals surface area contributed by atoms with E-state index in [1.165, 1.54) is 126 Å². The molecular formula is C51H42B8O. The van der Waals surface area contributed by atoms with Gasteiger partial charge in [0.1, 0.15) is 73.9 Å². The highest BCUT2D eigenvalue weighted by Gasteiger charge is 2.36. The highest BCUT2D eigenvalue weighted by Crippen LogP contribution is 2.52. The highest BCUT2D eigenvalue weighted by molar-refractivity contribution is 6.71. The monoisotopic (exact) mass is 758 g/mol. The zero-order valence-corrected chi connectivity index (χ0v) is 36.5. The van der Waals surface area contributed by atoms with E-state index >= 15 is 0 Å². The van der Waals surface area contributed by atoms with Crippen LogP contribution in [0.15, 0.2) is 126 Å². The molecule has 11 rings (SSSR count). The van der Waals surface area contributed by atoms with Crippen molar-refractivity contribution in [1.29, 1.82) is 0 Å². The summed E-state index contributed by atoms with van der Waals surface area (Å²) in [6.07, 6.45) is 0. The molecule has 0 saturated heterocycles. The molecule has 1 nitrogen and oxygen atoms in total. The van der Waals surface area contributed by atoms with Crippen molar-refractivity contribution in [2.24, 2.45) is 0 Å². The van der Waals surface area contributed by atoms with Crippen molar-refractivity contribution in [3.8, 4) is 44.5 Å². The summed E-state index contributed by atoms with van der Waals surface area (Å²) < 4.78 is 6.67. The van der Waals surface area contributed by atoms with Crippen LogP contribution in [0.2, 0.25) is 0 Å². The molecule has 276 valence electrons. The van der Waals surface area contributed by atoms with Crippen LogP contribution in [0.4, 0.5) is 0 Å². The van der Waals surface area contributed by atoms with Gasteiger partial charge in [0.15, 0.2) is 0 Å². The normalized spacial score (nSPS) is 13.2. The Labute approximate surface area is 359 Å². The molecule has 9 aromatic carbocycles. The molecule has 1 aliphatic carbocycles. The first-order valence-corrected chi connectivity index (χ1v) is 21.5. The van der Waals surface area contributed by atoms with Gasteiger partial charge in [-0.2, -0.15) is 0 Å². The molecule has 0 saturated carbocycles. The van der Waals surface area contributed by atoms with Crippen LogP contribution in [0.3, 0.4) is 0 Å². The quantitative estimate of drug-likeness (QED) is 0.189. The van der Waals surface area contributed by atoms with E-state index in [0.29, 0.717) is 0 Å². The number of hydrogen-bond acceptors (Lipinski definition) is 1. The molecule has 1 aliphatic rings. The van der Waals surface area contributed by atoms with Gasteiger partial charge < -0.3 is 4.42 Å². The Morgan fingerprint density at radius 1 is 0.383 bits per heavy atom. The van der Waals surface area contributed by atoms with Crippen LogP contribution < -0.4 is 43.7 Å². The van der Waals surface area contributed by atoms with Gasteiger partial charge in [-0.25, -0.2) is 0 Å². The summed E-state index contributed by atoms with van der Waals surface area (Å²) in [6, 6.07) is 45.3. The summed E-state index contributed by atoms with van der Waals surface area (Å²) in [4.78, 5) is 0. The molecule has 60 heavy (non-hydrogen) atoms. The number of hydrogen-bond donors (Lipinski definition) is 0. The van der Waals surface area contributed by atoms with E-state index in [1.807, 2.05) is 0 Å². The van der Waals surface area contributed by atoms with Gasteiger partial charge in [0, 0.05) is 21.6 Å². The first-order valence-electron chi connectivity index (χ1n) is 21.5. The summed E-state index contributed by atoms with van der Waals surface area (Å²) >= 11 is 0. The third-order valence-electron chi connectivity index (χ3n) is 15.1. The average Bonchev–Trinajstić information content (AvgIpc) is 3.76. The molecule has 0 atom stereocenters. The predicted octanol–water partition coefficient (Wildman–Crippen LogP) is 0.420. The fourth-order valence-corrected chi connectivity index (χ4v) is 11.2. The van der Waals surface area contributed by atoms with Gasteiger partial charge in [0.05, 0.1) is 0 Å². The number of rotatable bonds is 3. The molecule has 10 aromatic rings. The Balaban J connectivity index is 1.27. The summed E-state index contributed by atoms with van der Waals surface area (Å²) in [5.41, 5.74) is 25.9. The van der Waals surface area contributed by atoms with Gasteiger partial charge in [0.25, 0.3) is 0 Å². The first-order chi connectivity index (χ1) is 28.9. The van der Waals surface area contributed by atoms with E-state index in [4.69, 9.17) is 4.42 Å². The minimum Gasteiger partial charge on any atom is -0.455 e. The van der Waals surface area contributed by atoms with Crippen LogP contribution >= 0.6 is 0 Å². The Morgan fingerprint density at radius 2 is 0.917 bits per heavy atom. The molecule has 1 aromatic heterocycles. The van der Waals surface area contributed by atoms with E-state index in [2.05, 4.69) is 198 Å². The van der Waals surface area contributed by atoms with Crippen molar-refractivity contribution < 1.29 is 4.42 Å². The van der Waals surface area contributed by atoms with Crippen LogP contribution in [0, 0.1) is 0 Å². The second-order valence-corrected chi connectivity index (χ2v) is 18.2. The Hall–Kier alpha value is -5.92. The van der Waals surface area contributed by atoms with Gasteiger partial charge >= 0.3 is 0 Å². The predicted molar refractivity (Wildman–Crippen MR) is 286 cm³/mol. The van der Waals surface area contributed by atoms with Crippen LogP contribution in [-0.4, -0.2) is 62.8 Å². The van der Waals surface area contributed by atoms with Crippen molar-refractivity contribution >= 4 is 161 Å². The molecule has 0 N–H and O–H groups in total. The van der Waals surface area contributed by atoms with Crippen molar-refractivity contribution in [3.63, 3.8) is 0 Å². The topological polar surface area (TPSA) is 13.1 Å². The van der Waals surface area contributed by atoms with Crippen LogP contribution in [0.1, 0.15) is 25.0 Å². The molecular weight excluding hydrogens is 715 g/mol. The zero-order chi connectivity index (χ0) is 41.5. The lowest BCUT2D eigenvalue weighted by Gasteiger charge is -2.28. The third kappa shape index (κ3) is 4.93. The average molecular weight is 757 g/mol.